The van der Waals surface area contributed by atoms with Crippen LogP contribution < -0.4 is 4.74 Å². The van der Waals surface area contributed by atoms with Crippen LogP contribution in [0.1, 0.15) is 22.3 Å². The van der Waals surface area contributed by atoms with E-state index in [-0.39, 0.29) is 0 Å². The molecule has 0 unspecified atom stereocenters. The maximum absolute atomic E-state index is 6.26. The predicted molar refractivity (Wildman–Crippen MR) is 128 cm³/mol. The summed E-state index contributed by atoms with van der Waals surface area (Å²) in [7, 11) is 0. The van der Waals surface area contributed by atoms with Crippen LogP contribution in [-0.4, -0.2) is 12.3 Å². The van der Waals surface area contributed by atoms with Gasteiger partial charge in [0.2, 0.25) is 0 Å². The van der Waals surface area contributed by atoms with Crippen molar-refractivity contribution in [2.45, 2.75) is 13.0 Å². The molecule has 0 saturated heterocycles. The number of nitrogens with zero attached hydrogens (tertiary/aromatic N) is 1. The molecule has 6 heteroatoms. The van der Waals surface area contributed by atoms with Gasteiger partial charge in [0.1, 0.15) is 12.4 Å². The molecule has 0 radical (unpaired) electrons. The largest absolute Gasteiger partial charge is 0.489 e. The molecule has 0 atom stereocenters. The summed E-state index contributed by atoms with van der Waals surface area (Å²) in [6, 6.07) is 16.9. The van der Waals surface area contributed by atoms with E-state index < -0.39 is 0 Å². The van der Waals surface area contributed by atoms with Crippen molar-refractivity contribution in [3.63, 3.8) is 0 Å². The molecular formula is C24H17Cl4NO. The lowest BCUT2D eigenvalue weighted by Gasteiger charge is -2.17. The van der Waals surface area contributed by atoms with Gasteiger partial charge in [-0.3, -0.25) is 4.99 Å². The lowest BCUT2D eigenvalue weighted by Crippen LogP contribution is -2.11. The highest BCUT2D eigenvalue weighted by Crippen LogP contribution is 2.27. The van der Waals surface area contributed by atoms with Gasteiger partial charge in [0.15, 0.2) is 0 Å². The number of fused-ring (bicyclic) bond motifs is 1. The second-order valence-electron chi connectivity index (χ2n) is 6.86. The van der Waals surface area contributed by atoms with Crippen LogP contribution in [0.25, 0.3) is 6.08 Å². The number of hydrogen-bond donors (Lipinski definition) is 0. The van der Waals surface area contributed by atoms with E-state index in [9.17, 15) is 0 Å². The second-order valence-corrected chi connectivity index (χ2v) is 8.55. The Labute approximate surface area is 195 Å². The van der Waals surface area contributed by atoms with Crippen LogP contribution in [0.2, 0.25) is 20.1 Å². The van der Waals surface area contributed by atoms with Crippen molar-refractivity contribution in [2.75, 3.05) is 6.54 Å². The van der Waals surface area contributed by atoms with Gasteiger partial charge in [0.25, 0.3) is 0 Å². The third-order valence-corrected chi connectivity index (χ3v) is 5.96. The molecule has 0 aliphatic carbocycles. The molecule has 1 aliphatic heterocycles. The minimum absolute atomic E-state index is 0.380. The first-order valence-electron chi connectivity index (χ1n) is 9.37. The van der Waals surface area contributed by atoms with Crippen LogP contribution in [0.15, 0.2) is 65.7 Å². The van der Waals surface area contributed by atoms with E-state index in [1.807, 2.05) is 42.5 Å². The lowest BCUT2D eigenvalue weighted by atomic mass is 9.96. The van der Waals surface area contributed by atoms with Crippen molar-refractivity contribution in [2.24, 2.45) is 4.99 Å². The second kappa shape index (κ2) is 9.45. The smallest absolute Gasteiger partial charge is 0.120 e. The lowest BCUT2D eigenvalue weighted by molar-refractivity contribution is 0.306. The average molecular weight is 477 g/mol. The van der Waals surface area contributed by atoms with Crippen molar-refractivity contribution in [3.8, 4) is 5.75 Å². The van der Waals surface area contributed by atoms with E-state index in [2.05, 4.69) is 11.1 Å². The number of allylic oxidation sites excluding steroid dienone is 1. The Morgan fingerprint density at radius 1 is 0.833 bits per heavy atom. The third kappa shape index (κ3) is 5.01. The van der Waals surface area contributed by atoms with Gasteiger partial charge >= 0.3 is 0 Å². The molecule has 0 fully saturated rings. The Hall–Kier alpha value is -1.97. The fraction of sp³-hybridized carbons (Fsp3) is 0.125. The van der Waals surface area contributed by atoms with Gasteiger partial charge in [-0.2, -0.15) is 0 Å². The highest BCUT2D eigenvalue weighted by molar-refractivity contribution is 6.36. The van der Waals surface area contributed by atoms with Crippen LogP contribution >= 0.6 is 46.4 Å². The van der Waals surface area contributed by atoms with Crippen LogP contribution in [-0.2, 0) is 13.0 Å². The van der Waals surface area contributed by atoms with Crippen LogP contribution in [0.3, 0.4) is 0 Å². The molecule has 3 aromatic rings. The molecule has 0 saturated carbocycles. The van der Waals surface area contributed by atoms with Crippen molar-refractivity contribution in [3.05, 3.63) is 103 Å². The summed E-state index contributed by atoms with van der Waals surface area (Å²) >= 11 is 24.4. The van der Waals surface area contributed by atoms with E-state index in [4.69, 9.17) is 51.1 Å². The zero-order valence-corrected chi connectivity index (χ0v) is 18.9. The van der Waals surface area contributed by atoms with Crippen molar-refractivity contribution in [1.82, 2.24) is 0 Å². The number of halogens is 4. The van der Waals surface area contributed by atoms with Crippen LogP contribution in [0.5, 0.6) is 5.75 Å². The summed E-state index contributed by atoms with van der Waals surface area (Å²) in [5, 5.41) is 2.43. The summed E-state index contributed by atoms with van der Waals surface area (Å²) in [5.41, 5.74) is 5.01. The Bertz CT molecular complexity index is 1150. The zero-order valence-electron chi connectivity index (χ0n) is 15.8. The van der Waals surface area contributed by atoms with Gasteiger partial charge < -0.3 is 4.74 Å². The fourth-order valence-corrected chi connectivity index (χ4v) is 4.18. The van der Waals surface area contributed by atoms with Crippen molar-refractivity contribution in [1.29, 1.82) is 0 Å². The van der Waals surface area contributed by atoms with Gasteiger partial charge in [-0.15, -0.1) is 0 Å². The molecule has 4 rings (SSSR count). The summed E-state index contributed by atoms with van der Waals surface area (Å²) in [6.07, 6.45) is 4.81. The fourth-order valence-electron chi connectivity index (χ4n) is 3.25. The first-order chi connectivity index (χ1) is 14.5. The van der Waals surface area contributed by atoms with Crippen molar-refractivity contribution >= 4 is 58.2 Å². The van der Waals surface area contributed by atoms with Crippen LogP contribution in [0.4, 0.5) is 0 Å². The van der Waals surface area contributed by atoms with Gasteiger partial charge in [0, 0.05) is 37.8 Å². The average Bonchev–Trinajstić information content (AvgIpc) is 2.72. The van der Waals surface area contributed by atoms with E-state index in [0.29, 0.717) is 26.7 Å². The summed E-state index contributed by atoms with van der Waals surface area (Å²) < 4.78 is 5.95. The SMILES string of the molecule is Clc1ccc(/C=C/C2=NCCc3cc(OCc4ccc(Cl)cc4Cl)ccc32)c(Cl)c1. The minimum Gasteiger partial charge on any atom is -0.489 e. The Morgan fingerprint density at radius 3 is 2.37 bits per heavy atom. The predicted octanol–water partition coefficient (Wildman–Crippen LogP) is 7.94. The van der Waals surface area contributed by atoms with E-state index >= 15 is 0 Å². The molecule has 0 bridgehead atoms. The molecule has 30 heavy (non-hydrogen) atoms. The first-order valence-corrected chi connectivity index (χ1v) is 10.9. The molecule has 1 aliphatic rings. The van der Waals surface area contributed by atoms with Gasteiger partial charge in [-0.25, -0.2) is 0 Å². The van der Waals surface area contributed by atoms with Gasteiger partial charge in [-0.1, -0.05) is 64.6 Å². The van der Waals surface area contributed by atoms with E-state index in [1.54, 1.807) is 18.2 Å². The maximum atomic E-state index is 6.26. The number of hydrogen-bond acceptors (Lipinski definition) is 2. The molecule has 2 nitrogen and oxygen atoms in total. The minimum atomic E-state index is 0.380. The first kappa shape index (κ1) is 21.3. The van der Waals surface area contributed by atoms with E-state index in [0.717, 1.165) is 41.1 Å². The summed E-state index contributed by atoms with van der Waals surface area (Å²) in [6.45, 7) is 1.11. The van der Waals surface area contributed by atoms with E-state index in [1.165, 1.54) is 5.56 Å². The number of aliphatic imine (C=N–C) groups is 1. The molecule has 0 spiro atoms. The molecule has 0 N–H and O–H groups in total. The third-order valence-electron chi connectivity index (χ3n) is 4.81. The molecule has 0 amide bonds. The number of ether oxygens (including phenoxy) is 1. The zero-order chi connectivity index (χ0) is 21.1. The molecule has 3 aromatic carbocycles. The van der Waals surface area contributed by atoms with Crippen LogP contribution in [0, 0.1) is 0 Å². The van der Waals surface area contributed by atoms with Crippen molar-refractivity contribution < 1.29 is 4.74 Å². The standard InChI is InChI=1S/C24H17Cl4NO/c25-18-4-1-15(22(27)12-18)3-8-24-21-7-6-20(11-16(21)9-10-29-24)30-14-17-2-5-19(26)13-23(17)28/h1-8,11-13H,9-10,14H2/b8-3+. The summed E-state index contributed by atoms with van der Waals surface area (Å²) in [5.74, 6) is 0.797. The molecular weight excluding hydrogens is 460 g/mol. The normalized spacial score (nSPS) is 13.3. The number of rotatable bonds is 5. The van der Waals surface area contributed by atoms with Gasteiger partial charge in [0.05, 0.1) is 5.71 Å². The quantitative estimate of drug-likeness (QED) is 0.366. The topological polar surface area (TPSA) is 21.6 Å². The highest BCUT2D eigenvalue weighted by Gasteiger charge is 2.14. The Kier molecular flexibility index (Phi) is 6.70. The highest BCUT2D eigenvalue weighted by atomic mass is 35.5. The number of benzene rings is 3. The molecule has 152 valence electrons. The Morgan fingerprint density at radius 2 is 1.60 bits per heavy atom. The maximum Gasteiger partial charge on any atom is 0.120 e. The summed E-state index contributed by atoms with van der Waals surface area (Å²) in [4.78, 5) is 4.67. The molecule has 1 heterocycles. The Balaban J connectivity index is 1.50. The molecule has 0 aromatic heterocycles. The monoisotopic (exact) mass is 475 g/mol. The van der Waals surface area contributed by atoms with Gasteiger partial charge in [-0.05, 0) is 66.1 Å².